The molecule has 2 heterocycles. The molecule has 1 aliphatic carbocycles. The van der Waals surface area contributed by atoms with Crippen LogP contribution in [0, 0.1) is 12.8 Å². The maximum Gasteiger partial charge on any atom is 0.223 e. The van der Waals surface area contributed by atoms with Crippen molar-refractivity contribution in [2.24, 2.45) is 5.92 Å². The number of nitrogens with zero attached hydrogens (tertiary/aromatic N) is 4. The van der Waals surface area contributed by atoms with Crippen LogP contribution in [0.2, 0.25) is 5.15 Å². The van der Waals surface area contributed by atoms with Gasteiger partial charge in [-0.1, -0.05) is 23.8 Å². The Morgan fingerprint density at radius 1 is 1.42 bits per heavy atom. The topological polar surface area (TPSA) is 89.9 Å². The minimum absolute atomic E-state index is 0.118. The standard InChI is InChI=1S/C12H14ClN5O/c1-6-15-9-10(13)16-12(14)17-11(9)18(6)8-3-2-7(4-8)5-19/h2-3,7-8,19H,4-5H2,1H3,(H2,14,16,17)/t7-,8+/m1/s1. The minimum Gasteiger partial charge on any atom is -0.396 e. The number of hydrogen-bond donors (Lipinski definition) is 2. The molecular formula is C12H14ClN5O. The molecule has 2 aromatic heterocycles. The number of aryl methyl sites for hydroxylation is 1. The Morgan fingerprint density at radius 2 is 2.21 bits per heavy atom. The van der Waals surface area contributed by atoms with E-state index in [1.165, 1.54) is 0 Å². The van der Waals surface area contributed by atoms with Gasteiger partial charge in [-0.15, -0.1) is 0 Å². The molecule has 7 heteroatoms. The number of anilines is 1. The fourth-order valence-electron chi connectivity index (χ4n) is 2.54. The lowest BCUT2D eigenvalue weighted by atomic mass is 10.1. The molecule has 2 aromatic rings. The van der Waals surface area contributed by atoms with Gasteiger partial charge in [-0.25, -0.2) is 4.98 Å². The molecular weight excluding hydrogens is 266 g/mol. The predicted octanol–water partition coefficient (Wildman–Crippen LogP) is 1.48. The summed E-state index contributed by atoms with van der Waals surface area (Å²) in [5, 5.41) is 9.48. The Balaban J connectivity index is 2.14. The van der Waals surface area contributed by atoms with Crippen molar-refractivity contribution in [2.45, 2.75) is 19.4 Å². The monoisotopic (exact) mass is 279 g/mol. The molecule has 2 atom stereocenters. The first-order valence-corrected chi connectivity index (χ1v) is 6.44. The molecule has 0 aromatic carbocycles. The highest BCUT2D eigenvalue weighted by Gasteiger charge is 2.24. The fraction of sp³-hybridized carbons (Fsp3) is 0.417. The van der Waals surface area contributed by atoms with Crippen molar-refractivity contribution >= 4 is 28.7 Å². The lowest BCUT2D eigenvalue weighted by Gasteiger charge is -2.14. The maximum absolute atomic E-state index is 9.21. The highest BCUT2D eigenvalue weighted by molar-refractivity contribution is 6.33. The van der Waals surface area contributed by atoms with Gasteiger partial charge in [0.2, 0.25) is 5.95 Å². The number of nitrogens with two attached hydrogens (primary N) is 1. The maximum atomic E-state index is 9.21. The largest absolute Gasteiger partial charge is 0.396 e. The summed E-state index contributed by atoms with van der Waals surface area (Å²) in [6.45, 7) is 2.05. The van der Waals surface area contributed by atoms with Crippen molar-refractivity contribution < 1.29 is 5.11 Å². The summed E-state index contributed by atoms with van der Waals surface area (Å²) in [6.07, 6.45) is 4.90. The van der Waals surface area contributed by atoms with Crippen LogP contribution in [0.1, 0.15) is 18.3 Å². The van der Waals surface area contributed by atoms with E-state index >= 15 is 0 Å². The van der Waals surface area contributed by atoms with Gasteiger partial charge in [0.05, 0.1) is 6.04 Å². The van der Waals surface area contributed by atoms with E-state index in [0.717, 1.165) is 12.2 Å². The average Bonchev–Trinajstić information content (AvgIpc) is 2.93. The van der Waals surface area contributed by atoms with Crippen molar-refractivity contribution in [3.05, 3.63) is 23.1 Å². The fourth-order valence-corrected chi connectivity index (χ4v) is 2.76. The summed E-state index contributed by atoms with van der Waals surface area (Å²) in [7, 11) is 0. The van der Waals surface area contributed by atoms with Gasteiger partial charge in [0.25, 0.3) is 0 Å². The first kappa shape index (κ1) is 12.4. The van der Waals surface area contributed by atoms with Crippen LogP contribution in [0.5, 0.6) is 0 Å². The molecule has 1 aliphatic rings. The zero-order valence-electron chi connectivity index (χ0n) is 10.4. The molecule has 0 spiro atoms. The van der Waals surface area contributed by atoms with E-state index in [9.17, 15) is 5.11 Å². The van der Waals surface area contributed by atoms with E-state index in [4.69, 9.17) is 17.3 Å². The van der Waals surface area contributed by atoms with Gasteiger partial charge in [0.1, 0.15) is 11.3 Å². The molecule has 100 valence electrons. The second-order valence-corrected chi connectivity index (χ2v) is 5.06. The lowest BCUT2D eigenvalue weighted by molar-refractivity contribution is 0.244. The van der Waals surface area contributed by atoms with Gasteiger partial charge in [0.15, 0.2) is 10.8 Å². The molecule has 0 bridgehead atoms. The van der Waals surface area contributed by atoms with Gasteiger partial charge in [-0.3, -0.25) is 0 Å². The van der Waals surface area contributed by atoms with Gasteiger partial charge in [-0.05, 0) is 13.3 Å². The summed E-state index contributed by atoms with van der Waals surface area (Å²) in [4.78, 5) is 12.6. The van der Waals surface area contributed by atoms with Gasteiger partial charge < -0.3 is 15.4 Å². The van der Waals surface area contributed by atoms with Gasteiger partial charge >= 0.3 is 0 Å². The smallest absolute Gasteiger partial charge is 0.223 e. The average molecular weight is 280 g/mol. The van der Waals surface area contributed by atoms with Crippen LogP contribution < -0.4 is 5.73 Å². The number of nitrogen functional groups attached to an aromatic ring is 1. The molecule has 6 nitrogen and oxygen atoms in total. The van der Waals surface area contributed by atoms with E-state index in [2.05, 4.69) is 21.0 Å². The molecule has 0 radical (unpaired) electrons. The van der Waals surface area contributed by atoms with Crippen LogP contribution in [0.3, 0.4) is 0 Å². The zero-order valence-corrected chi connectivity index (χ0v) is 11.2. The number of imidazole rings is 1. The number of aromatic nitrogens is 4. The Labute approximate surface area is 114 Å². The zero-order chi connectivity index (χ0) is 13.6. The molecule has 3 rings (SSSR count). The number of allylic oxidation sites excluding steroid dienone is 1. The Kier molecular flexibility index (Phi) is 2.91. The summed E-state index contributed by atoms with van der Waals surface area (Å²) in [6, 6.07) is 0.118. The van der Waals surface area contributed by atoms with Crippen LogP contribution in [-0.4, -0.2) is 31.2 Å². The first-order valence-electron chi connectivity index (χ1n) is 6.07. The van der Waals surface area contributed by atoms with Crippen LogP contribution in [0.4, 0.5) is 5.95 Å². The van der Waals surface area contributed by atoms with Crippen LogP contribution in [0.25, 0.3) is 11.2 Å². The lowest BCUT2D eigenvalue weighted by Crippen LogP contribution is -2.10. The van der Waals surface area contributed by atoms with E-state index in [1.54, 1.807) is 0 Å². The van der Waals surface area contributed by atoms with Crippen molar-refractivity contribution in [3.8, 4) is 0 Å². The number of aliphatic hydroxyl groups is 1. The third-order valence-corrected chi connectivity index (χ3v) is 3.67. The molecule has 0 saturated carbocycles. The molecule has 0 amide bonds. The van der Waals surface area contributed by atoms with E-state index in [0.29, 0.717) is 11.2 Å². The van der Waals surface area contributed by atoms with Crippen LogP contribution in [0.15, 0.2) is 12.2 Å². The molecule has 0 unspecified atom stereocenters. The van der Waals surface area contributed by atoms with Gasteiger partial charge in [0, 0.05) is 12.5 Å². The van der Waals surface area contributed by atoms with E-state index in [1.807, 2.05) is 17.6 Å². The van der Waals surface area contributed by atoms with Crippen molar-refractivity contribution in [1.29, 1.82) is 0 Å². The number of rotatable bonds is 2. The molecule has 0 aliphatic heterocycles. The first-order chi connectivity index (χ1) is 9.10. The Hall–Kier alpha value is -1.66. The number of halogens is 1. The Bertz CT molecular complexity index is 666. The number of fused-ring (bicyclic) bond motifs is 1. The van der Waals surface area contributed by atoms with Crippen molar-refractivity contribution in [2.75, 3.05) is 12.3 Å². The molecule has 19 heavy (non-hydrogen) atoms. The quantitative estimate of drug-likeness (QED) is 0.642. The number of hydrogen-bond acceptors (Lipinski definition) is 5. The third kappa shape index (κ3) is 1.97. The third-order valence-electron chi connectivity index (χ3n) is 3.41. The van der Waals surface area contributed by atoms with Crippen molar-refractivity contribution in [1.82, 2.24) is 19.5 Å². The molecule has 3 N–H and O–H groups in total. The molecule has 0 saturated heterocycles. The predicted molar refractivity (Wildman–Crippen MR) is 72.9 cm³/mol. The SMILES string of the molecule is Cc1nc2c(Cl)nc(N)nc2n1[C@H]1C=C[C@@H](CO)C1. The van der Waals surface area contributed by atoms with Crippen LogP contribution >= 0.6 is 11.6 Å². The minimum atomic E-state index is 0.118. The summed E-state index contributed by atoms with van der Waals surface area (Å²) in [5.41, 5.74) is 6.86. The highest BCUT2D eigenvalue weighted by Crippen LogP contribution is 2.32. The van der Waals surface area contributed by atoms with Gasteiger partial charge in [-0.2, -0.15) is 9.97 Å². The Morgan fingerprint density at radius 3 is 2.89 bits per heavy atom. The summed E-state index contributed by atoms with van der Waals surface area (Å²) in [5.74, 6) is 1.13. The normalized spacial score (nSPS) is 22.5. The summed E-state index contributed by atoms with van der Waals surface area (Å²) >= 11 is 6.05. The number of aliphatic hydroxyl groups excluding tert-OH is 1. The second kappa shape index (κ2) is 4.47. The second-order valence-electron chi connectivity index (χ2n) is 4.70. The van der Waals surface area contributed by atoms with Crippen molar-refractivity contribution in [3.63, 3.8) is 0 Å². The summed E-state index contributed by atoms with van der Waals surface area (Å²) < 4.78 is 1.99. The molecule has 0 fully saturated rings. The van der Waals surface area contributed by atoms with Crippen LogP contribution in [-0.2, 0) is 0 Å². The van der Waals surface area contributed by atoms with E-state index < -0.39 is 0 Å². The van der Waals surface area contributed by atoms with E-state index in [-0.39, 0.29) is 29.7 Å². The highest BCUT2D eigenvalue weighted by atomic mass is 35.5.